The van der Waals surface area contributed by atoms with E-state index in [0.29, 0.717) is 0 Å². The van der Waals surface area contributed by atoms with Crippen molar-refractivity contribution in [3.63, 3.8) is 0 Å². The van der Waals surface area contributed by atoms with Crippen LogP contribution < -0.4 is 5.73 Å². The highest BCUT2D eigenvalue weighted by atomic mass is 79.9. The summed E-state index contributed by atoms with van der Waals surface area (Å²) in [5.74, 6) is 0. The molecule has 0 aliphatic carbocycles. The molecule has 2 rings (SSSR count). The van der Waals surface area contributed by atoms with E-state index in [2.05, 4.69) is 40.1 Å². The zero-order valence-corrected chi connectivity index (χ0v) is 11.6. The van der Waals surface area contributed by atoms with Crippen molar-refractivity contribution in [2.45, 2.75) is 26.4 Å². The summed E-state index contributed by atoms with van der Waals surface area (Å²) in [6.07, 6.45) is 1.87. The Morgan fingerprint density at radius 2 is 2.00 bits per heavy atom. The predicted octanol–water partition coefficient (Wildman–Crippen LogP) is 3.35. The first-order chi connectivity index (χ1) is 8.13. The summed E-state index contributed by atoms with van der Waals surface area (Å²) in [6, 6.07) is 8.23. The molecule has 0 bridgehead atoms. The minimum absolute atomic E-state index is 0.00560. The van der Waals surface area contributed by atoms with E-state index in [1.54, 1.807) is 0 Å². The molecule has 3 nitrogen and oxygen atoms in total. The van der Waals surface area contributed by atoms with E-state index in [1.165, 1.54) is 0 Å². The molecule has 0 spiro atoms. The van der Waals surface area contributed by atoms with E-state index in [9.17, 15) is 0 Å². The molecule has 1 atom stereocenters. The molecule has 4 heteroatoms. The highest BCUT2D eigenvalue weighted by Gasteiger charge is 2.14. The molecule has 0 amide bonds. The van der Waals surface area contributed by atoms with Gasteiger partial charge in [-0.05, 0) is 26.0 Å². The van der Waals surface area contributed by atoms with Crippen molar-refractivity contribution in [3.8, 4) is 11.3 Å². The van der Waals surface area contributed by atoms with Crippen LogP contribution in [0.5, 0.6) is 0 Å². The third-order valence-electron chi connectivity index (χ3n) is 2.78. The topological polar surface area (TPSA) is 43.8 Å². The lowest BCUT2D eigenvalue weighted by Crippen LogP contribution is -2.07. The van der Waals surface area contributed by atoms with Crippen LogP contribution in [0.3, 0.4) is 0 Å². The quantitative estimate of drug-likeness (QED) is 0.943. The number of benzene rings is 1. The second-order valence-corrected chi connectivity index (χ2v) is 4.98. The van der Waals surface area contributed by atoms with E-state index >= 15 is 0 Å². The van der Waals surface area contributed by atoms with Gasteiger partial charge in [0.05, 0.1) is 11.9 Å². The molecule has 0 fully saturated rings. The summed E-state index contributed by atoms with van der Waals surface area (Å²) < 4.78 is 3.06. The summed E-state index contributed by atoms with van der Waals surface area (Å²) in [7, 11) is 0. The molecule has 1 aromatic carbocycles. The Bertz CT molecular complexity index is 500. The van der Waals surface area contributed by atoms with Gasteiger partial charge in [0.25, 0.3) is 0 Å². The molecule has 0 radical (unpaired) electrons. The van der Waals surface area contributed by atoms with Crippen LogP contribution in [0.4, 0.5) is 0 Å². The highest BCUT2D eigenvalue weighted by molar-refractivity contribution is 9.10. The van der Waals surface area contributed by atoms with Crippen LogP contribution in [-0.4, -0.2) is 9.78 Å². The molecule has 2 N–H and O–H groups in total. The Kier molecular flexibility index (Phi) is 3.64. The number of nitrogens with zero attached hydrogens (tertiary/aromatic N) is 2. The first-order valence-corrected chi connectivity index (χ1v) is 6.50. The van der Waals surface area contributed by atoms with Gasteiger partial charge in [-0.25, -0.2) is 0 Å². The Morgan fingerprint density at radius 1 is 1.35 bits per heavy atom. The zero-order valence-electron chi connectivity index (χ0n) is 10.0. The van der Waals surface area contributed by atoms with E-state index in [4.69, 9.17) is 5.73 Å². The fraction of sp³-hybridized carbons (Fsp3) is 0.308. The number of halogens is 1. The second-order valence-electron chi connectivity index (χ2n) is 4.06. The normalized spacial score (nSPS) is 12.7. The molecule has 1 aromatic heterocycles. The van der Waals surface area contributed by atoms with Crippen LogP contribution >= 0.6 is 15.9 Å². The molecular formula is C13H16BrN3. The molecule has 0 aliphatic heterocycles. The maximum atomic E-state index is 5.99. The first-order valence-electron chi connectivity index (χ1n) is 5.70. The second kappa shape index (κ2) is 5.02. The van der Waals surface area contributed by atoms with Gasteiger partial charge >= 0.3 is 0 Å². The van der Waals surface area contributed by atoms with Gasteiger partial charge in [0.1, 0.15) is 0 Å². The van der Waals surface area contributed by atoms with Crippen molar-refractivity contribution in [2.75, 3.05) is 0 Å². The Hall–Kier alpha value is -1.13. The number of aromatic nitrogens is 2. The first kappa shape index (κ1) is 12.3. The van der Waals surface area contributed by atoms with Crippen LogP contribution in [0.2, 0.25) is 0 Å². The van der Waals surface area contributed by atoms with Crippen LogP contribution in [0.1, 0.15) is 25.5 Å². The monoisotopic (exact) mass is 293 g/mol. The lowest BCUT2D eigenvalue weighted by molar-refractivity contribution is 0.666. The van der Waals surface area contributed by atoms with Gasteiger partial charge in [-0.2, -0.15) is 5.10 Å². The van der Waals surface area contributed by atoms with Crippen LogP contribution in [0.15, 0.2) is 34.9 Å². The number of hydrogen-bond donors (Lipinski definition) is 1. The molecule has 1 unspecified atom stereocenters. The van der Waals surface area contributed by atoms with Gasteiger partial charge < -0.3 is 5.73 Å². The average Bonchev–Trinajstić information content (AvgIpc) is 2.73. The lowest BCUT2D eigenvalue weighted by Gasteiger charge is -2.10. The van der Waals surface area contributed by atoms with Gasteiger partial charge in [-0.1, -0.05) is 28.1 Å². The van der Waals surface area contributed by atoms with Crippen LogP contribution in [0.25, 0.3) is 11.3 Å². The number of nitrogens with two attached hydrogens (primary N) is 1. The largest absolute Gasteiger partial charge is 0.324 e. The summed E-state index contributed by atoms with van der Waals surface area (Å²) in [5.41, 5.74) is 9.35. The Labute approximate surface area is 110 Å². The van der Waals surface area contributed by atoms with E-state index in [1.807, 2.05) is 29.9 Å². The third kappa shape index (κ3) is 2.42. The zero-order chi connectivity index (χ0) is 12.4. The number of hydrogen-bond acceptors (Lipinski definition) is 2. The van der Waals surface area contributed by atoms with Gasteiger partial charge in [0.15, 0.2) is 0 Å². The Balaban J connectivity index is 2.55. The maximum Gasteiger partial charge on any atom is 0.0729 e. The van der Waals surface area contributed by atoms with Crippen molar-refractivity contribution >= 4 is 15.9 Å². The summed E-state index contributed by atoms with van der Waals surface area (Å²) in [4.78, 5) is 0. The molecule has 0 saturated carbocycles. The van der Waals surface area contributed by atoms with Gasteiger partial charge in [-0.3, -0.25) is 4.68 Å². The van der Waals surface area contributed by atoms with Crippen molar-refractivity contribution in [2.24, 2.45) is 5.73 Å². The van der Waals surface area contributed by atoms with E-state index < -0.39 is 0 Å². The average molecular weight is 294 g/mol. The molecule has 2 aromatic rings. The summed E-state index contributed by atoms with van der Waals surface area (Å²) >= 11 is 3.44. The minimum atomic E-state index is -0.00560. The number of rotatable bonds is 3. The molecule has 90 valence electrons. The fourth-order valence-corrected chi connectivity index (χ4v) is 2.16. The molecule has 1 heterocycles. The molecule has 0 saturated heterocycles. The molecule has 0 aliphatic rings. The molecule has 17 heavy (non-hydrogen) atoms. The minimum Gasteiger partial charge on any atom is -0.324 e. The highest BCUT2D eigenvalue weighted by Crippen LogP contribution is 2.28. The van der Waals surface area contributed by atoms with Gasteiger partial charge in [0.2, 0.25) is 0 Å². The third-order valence-corrected chi connectivity index (χ3v) is 3.30. The summed E-state index contributed by atoms with van der Waals surface area (Å²) in [5, 5.41) is 4.38. The van der Waals surface area contributed by atoms with Crippen molar-refractivity contribution < 1.29 is 0 Å². The Morgan fingerprint density at radius 3 is 2.53 bits per heavy atom. The SMILES string of the molecule is CCn1ncc(C(C)N)c1-c1ccc(Br)cc1. The van der Waals surface area contributed by atoms with Crippen LogP contribution in [-0.2, 0) is 6.54 Å². The number of aryl methyl sites for hydroxylation is 1. The molecular weight excluding hydrogens is 278 g/mol. The standard InChI is InChI=1S/C13H16BrN3/c1-3-17-13(12(8-16-17)9(2)15)10-4-6-11(14)7-5-10/h4-9H,3,15H2,1-2H3. The van der Waals surface area contributed by atoms with Crippen LogP contribution in [0, 0.1) is 0 Å². The lowest BCUT2D eigenvalue weighted by atomic mass is 10.0. The van der Waals surface area contributed by atoms with E-state index in [0.717, 1.165) is 27.8 Å². The van der Waals surface area contributed by atoms with Crippen molar-refractivity contribution in [3.05, 3.63) is 40.5 Å². The van der Waals surface area contributed by atoms with E-state index in [-0.39, 0.29) is 6.04 Å². The van der Waals surface area contributed by atoms with Crippen molar-refractivity contribution in [1.82, 2.24) is 9.78 Å². The smallest absolute Gasteiger partial charge is 0.0729 e. The fourth-order valence-electron chi connectivity index (χ4n) is 1.90. The maximum absolute atomic E-state index is 5.99. The predicted molar refractivity (Wildman–Crippen MR) is 73.6 cm³/mol. The van der Waals surface area contributed by atoms with Gasteiger partial charge in [-0.15, -0.1) is 0 Å². The van der Waals surface area contributed by atoms with Gasteiger partial charge in [0, 0.05) is 28.2 Å². The van der Waals surface area contributed by atoms with Crippen molar-refractivity contribution in [1.29, 1.82) is 0 Å². The summed E-state index contributed by atoms with van der Waals surface area (Å²) in [6.45, 7) is 4.91.